The van der Waals surface area contributed by atoms with Crippen LogP contribution in [0.2, 0.25) is 0 Å². The summed E-state index contributed by atoms with van der Waals surface area (Å²) in [4.78, 5) is 10.7. The quantitative estimate of drug-likeness (QED) is 0.615. The third-order valence-corrected chi connectivity index (χ3v) is 6.18. The van der Waals surface area contributed by atoms with Gasteiger partial charge in [0.1, 0.15) is 0 Å². The van der Waals surface area contributed by atoms with E-state index in [1.54, 1.807) is 11.3 Å². The van der Waals surface area contributed by atoms with Crippen molar-refractivity contribution in [2.75, 3.05) is 32.7 Å². The highest BCUT2D eigenvalue weighted by Gasteiger charge is 2.21. The molecule has 1 unspecified atom stereocenters. The summed E-state index contributed by atoms with van der Waals surface area (Å²) in [5.74, 6) is 1.46. The van der Waals surface area contributed by atoms with E-state index in [9.17, 15) is 0 Å². The van der Waals surface area contributed by atoms with Crippen LogP contribution in [0.4, 0.5) is 0 Å². The van der Waals surface area contributed by atoms with Crippen molar-refractivity contribution in [2.45, 2.75) is 25.8 Å². The third kappa shape index (κ3) is 4.64. The summed E-state index contributed by atoms with van der Waals surface area (Å²) in [6, 6.07) is 15.3. The van der Waals surface area contributed by atoms with E-state index in [2.05, 4.69) is 57.2 Å². The lowest BCUT2D eigenvalue weighted by Gasteiger charge is -2.38. The van der Waals surface area contributed by atoms with Gasteiger partial charge in [0.15, 0.2) is 0 Å². The molecule has 0 bridgehead atoms. The number of rotatable bonds is 7. The van der Waals surface area contributed by atoms with E-state index in [-0.39, 0.29) is 0 Å². The molecule has 6 heteroatoms. The Labute approximate surface area is 164 Å². The van der Waals surface area contributed by atoms with Crippen molar-refractivity contribution in [1.29, 1.82) is 0 Å². The van der Waals surface area contributed by atoms with E-state index >= 15 is 0 Å². The number of nitrogens with zero attached hydrogens (tertiary/aromatic N) is 4. The van der Waals surface area contributed by atoms with E-state index in [1.165, 1.54) is 5.56 Å². The van der Waals surface area contributed by atoms with Crippen molar-refractivity contribution in [3.8, 4) is 10.7 Å². The van der Waals surface area contributed by atoms with Gasteiger partial charge in [-0.15, -0.1) is 11.3 Å². The average Bonchev–Trinajstić information content (AvgIpc) is 3.40. The SMILES string of the molecule is CC(c1ccccc1)N1CCN(CCCc2nc(-c3cccs3)no2)CC1. The number of hydrogen-bond acceptors (Lipinski definition) is 6. The Hall–Kier alpha value is -2.02. The lowest BCUT2D eigenvalue weighted by molar-refractivity contribution is 0.101. The Balaban J connectivity index is 1.20. The van der Waals surface area contributed by atoms with Crippen LogP contribution >= 0.6 is 11.3 Å². The van der Waals surface area contributed by atoms with Crippen LogP contribution in [0.25, 0.3) is 10.7 Å². The van der Waals surface area contributed by atoms with Gasteiger partial charge in [0.2, 0.25) is 11.7 Å². The van der Waals surface area contributed by atoms with Crippen LogP contribution in [0.15, 0.2) is 52.4 Å². The van der Waals surface area contributed by atoms with Crippen LogP contribution in [0.5, 0.6) is 0 Å². The maximum absolute atomic E-state index is 5.39. The molecule has 1 aromatic carbocycles. The molecule has 0 amide bonds. The Morgan fingerprint density at radius 3 is 2.63 bits per heavy atom. The van der Waals surface area contributed by atoms with Crippen LogP contribution in [0, 0.1) is 0 Å². The van der Waals surface area contributed by atoms with E-state index in [1.807, 2.05) is 17.5 Å². The second-order valence-electron chi connectivity index (χ2n) is 7.06. The molecule has 27 heavy (non-hydrogen) atoms. The molecule has 2 aromatic heterocycles. The molecular formula is C21H26N4OS. The van der Waals surface area contributed by atoms with Gasteiger partial charge in [-0.05, 0) is 36.9 Å². The first kappa shape index (κ1) is 18.3. The van der Waals surface area contributed by atoms with Gasteiger partial charge < -0.3 is 9.42 Å². The van der Waals surface area contributed by atoms with Crippen LogP contribution < -0.4 is 0 Å². The molecule has 1 aliphatic heterocycles. The van der Waals surface area contributed by atoms with Gasteiger partial charge in [-0.3, -0.25) is 4.90 Å². The summed E-state index contributed by atoms with van der Waals surface area (Å²) in [7, 11) is 0. The van der Waals surface area contributed by atoms with Gasteiger partial charge in [0.05, 0.1) is 4.88 Å². The molecule has 0 spiro atoms. The zero-order valence-corrected chi connectivity index (χ0v) is 16.6. The number of piperazine rings is 1. The van der Waals surface area contributed by atoms with E-state index in [0.717, 1.165) is 56.3 Å². The monoisotopic (exact) mass is 382 g/mol. The van der Waals surface area contributed by atoms with Gasteiger partial charge in [0.25, 0.3) is 0 Å². The number of benzene rings is 1. The van der Waals surface area contributed by atoms with Gasteiger partial charge >= 0.3 is 0 Å². The number of thiophene rings is 1. The highest BCUT2D eigenvalue weighted by atomic mass is 32.1. The highest BCUT2D eigenvalue weighted by molar-refractivity contribution is 7.13. The second-order valence-corrected chi connectivity index (χ2v) is 8.00. The predicted octanol–water partition coefficient (Wildman–Crippen LogP) is 4.11. The lowest BCUT2D eigenvalue weighted by atomic mass is 10.1. The van der Waals surface area contributed by atoms with Crippen molar-refractivity contribution in [3.63, 3.8) is 0 Å². The summed E-state index contributed by atoms with van der Waals surface area (Å²) in [5.41, 5.74) is 1.41. The molecule has 3 aromatic rings. The zero-order chi connectivity index (χ0) is 18.5. The van der Waals surface area contributed by atoms with Crippen LogP contribution in [-0.2, 0) is 6.42 Å². The third-order valence-electron chi connectivity index (χ3n) is 5.31. The maximum Gasteiger partial charge on any atom is 0.227 e. The summed E-state index contributed by atoms with van der Waals surface area (Å²) < 4.78 is 5.39. The molecule has 4 rings (SSSR count). The van der Waals surface area contributed by atoms with E-state index in [4.69, 9.17) is 4.52 Å². The van der Waals surface area contributed by atoms with E-state index < -0.39 is 0 Å². The van der Waals surface area contributed by atoms with Gasteiger partial charge in [0, 0.05) is 38.6 Å². The van der Waals surface area contributed by atoms with Crippen LogP contribution in [0.3, 0.4) is 0 Å². The molecule has 1 atom stereocenters. The molecular weight excluding hydrogens is 356 g/mol. The largest absolute Gasteiger partial charge is 0.339 e. The minimum Gasteiger partial charge on any atom is -0.339 e. The number of hydrogen-bond donors (Lipinski definition) is 0. The molecule has 5 nitrogen and oxygen atoms in total. The minimum absolute atomic E-state index is 0.488. The fraction of sp³-hybridized carbons (Fsp3) is 0.429. The standard InChI is InChI=1S/C21H26N4OS/c1-17(18-7-3-2-4-8-18)25-14-12-24(13-15-25)11-5-10-20-22-21(23-26-20)19-9-6-16-27-19/h2-4,6-9,16-17H,5,10-15H2,1H3. The smallest absolute Gasteiger partial charge is 0.227 e. The van der Waals surface area contributed by atoms with Crippen LogP contribution in [-0.4, -0.2) is 52.7 Å². The molecule has 3 heterocycles. The Kier molecular flexibility index (Phi) is 5.97. The number of aromatic nitrogens is 2. The molecule has 0 aliphatic carbocycles. The molecule has 1 saturated heterocycles. The first-order chi connectivity index (χ1) is 13.3. The maximum atomic E-state index is 5.39. The first-order valence-corrected chi connectivity index (χ1v) is 10.6. The van der Waals surface area contributed by atoms with Crippen LogP contribution in [0.1, 0.15) is 30.8 Å². The molecule has 0 radical (unpaired) electrons. The molecule has 0 saturated carbocycles. The predicted molar refractivity (Wildman–Crippen MR) is 109 cm³/mol. The summed E-state index contributed by atoms with van der Waals surface area (Å²) >= 11 is 1.64. The fourth-order valence-corrected chi connectivity index (χ4v) is 4.28. The van der Waals surface area contributed by atoms with E-state index in [0.29, 0.717) is 11.9 Å². The average molecular weight is 383 g/mol. The second kappa shape index (κ2) is 8.78. The number of aryl methyl sites for hydroxylation is 1. The lowest BCUT2D eigenvalue weighted by Crippen LogP contribution is -2.47. The molecule has 1 aliphatic rings. The van der Waals surface area contributed by atoms with Crippen molar-refractivity contribution in [1.82, 2.24) is 19.9 Å². The summed E-state index contributed by atoms with van der Waals surface area (Å²) in [5, 5.41) is 6.12. The normalized spacial score (nSPS) is 17.2. The zero-order valence-electron chi connectivity index (χ0n) is 15.8. The van der Waals surface area contributed by atoms with Crippen molar-refractivity contribution in [3.05, 3.63) is 59.3 Å². The van der Waals surface area contributed by atoms with Gasteiger partial charge in [-0.1, -0.05) is 41.6 Å². The van der Waals surface area contributed by atoms with Crippen molar-refractivity contribution < 1.29 is 4.52 Å². The Morgan fingerprint density at radius 1 is 1.07 bits per heavy atom. The molecule has 0 N–H and O–H groups in total. The highest BCUT2D eigenvalue weighted by Crippen LogP contribution is 2.22. The summed E-state index contributed by atoms with van der Waals surface area (Å²) in [6.07, 6.45) is 1.90. The summed E-state index contributed by atoms with van der Waals surface area (Å²) in [6.45, 7) is 7.90. The van der Waals surface area contributed by atoms with Gasteiger partial charge in [-0.25, -0.2) is 0 Å². The Bertz CT molecular complexity index is 810. The van der Waals surface area contributed by atoms with Crippen molar-refractivity contribution in [2.24, 2.45) is 0 Å². The Morgan fingerprint density at radius 2 is 1.89 bits per heavy atom. The topological polar surface area (TPSA) is 45.4 Å². The molecule has 142 valence electrons. The van der Waals surface area contributed by atoms with Crippen molar-refractivity contribution >= 4 is 11.3 Å². The van der Waals surface area contributed by atoms with Gasteiger partial charge in [-0.2, -0.15) is 4.98 Å². The minimum atomic E-state index is 0.488. The molecule has 1 fully saturated rings. The fourth-order valence-electron chi connectivity index (χ4n) is 3.63. The first-order valence-electron chi connectivity index (χ1n) is 9.67.